The molecule has 31 heavy (non-hydrogen) atoms. The van der Waals surface area contributed by atoms with E-state index in [1.165, 1.54) is 16.2 Å². The summed E-state index contributed by atoms with van der Waals surface area (Å²) in [7, 11) is 1.57. The molecule has 0 saturated heterocycles. The van der Waals surface area contributed by atoms with Crippen LogP contribution in [0.1, 0.15) is 16.8 Å². The van der Waals surface area contributed by atoms with Crippen molar-refractivity contribution in [3.63, 3.8) is 0 Å². The molecule has 2 amide bonds. The predicted octanol–water partition coefficient (Wildman–Crippen LogP) is 3.48. The maximum absolute atomic E-state index is 12.9. The van der Waals surface area contributed by atoms with Crippen LogP contribution in [0.25, 0.3) is 10.7 Å². The zero-order chi connectivity index (χ0) is 22.2. The molecule has 0 saturated carbocycles. The highest BCUT2D eigenvalue weighted by Crippen LogP contribution is 2.22. The van der Waals surface area contributed by atoms with Gasteiger partial charge in [0.05, 0.1) is 31.0 Å². The van der Waals surface area contributed by atoms with Gasteiger partial charge in [-0.05, 0) is 43.2 Å². The van der Waals surface area contributed by atoms with Gasteiger partial charge >= 0.3 is 0 Å². The van der Waals surface area contributed by atoms with Crippen LogP contribution in [-0.4, -0.2) is 53.5 Å². The molecule has 2 heterocycles. The molecule has 0 fully saturated rings. The summed E-state index contributed by atoms with van der Waals surface area (Å²) in [5, 5.41) is 5.52. The van der Waals surface area contributed by atoms with Crippen molar-refractivity contribution >= 4 is 28.8 Å². The quantitative estimate of drug-likeness (QED) is 0.553. The fraction of sp³-hybridized carbons (Fsp3) is 0.304. The number of ether oxygens (including phenoxy) is 1. The lowest BCUT2D eigenvalue weighted by Gasteiger charge is -2.22. The molecule has 0 bridgehead atoms. The van der Waals surface area contributed by atoms with Crippen LogP contribution in [0.5, 0.6) is 0 Å². The lowest BCUT2D eigenvalue weighted by atomic mass is 10.1. The van der Waals surface area contributed by atoms with E-state index in [0.717, 1.165) is 27.5 Å². The van der Waals surface area contributed by atoms with Crippen LogP contribution < -0.4 is 5.32 Å². The van der Waals surface area contributed by atoms with Gasteiger partial charge in [-0.25, -0.2) is 4.98 Å². The average molecular weight is 439 g/mol. The summed E-state index contributed by atoms with van der Waals surface area (Å²) in [6, 6.07) is 11.4. The summed E-state index contributed by atoms with van der Waals surface area (Å²) in [4.78, 5) is 35.9. The van der Waals surface area contributed by atoms with Crippen molar-refractivity contribution < 1.29 is 14.3 Å². The molecule has 0 aliphatic rings. The number of aromatic nitrogens is 2. The van der Waals surface area contributed by atoms with E-state index in [1.54, 1.807) is 13.3 Å². The van der Waals surface area contributed by atoms with Crippen molar-refractivity contribution in [2.45, 2.75) is 20.3 Å². The number of anilines is 1. The van der Waals surface area contributed by atoms with E-state index in [2.05, 4.69) is 15.3 Å². The van der Waals surface area contributed by atoms with E-state index < -0.39 is 0 Å². The molecule has 7 nitrogen and oxygen atoms in total. The number of thiazole rings is 1. The van der Waals surface area contributed by atoms with Crippen LogP contribution in [0.3, 0.4) is 0 Å². The first-order valence-electron chi connectivity index (χ1n) is 9.96. The molecule has 3 rings (SSSR count). The zero-order valence-corrected chi connectivity index (χ0v) is 18.7. The molecule has 1 aromatic carbocycles. The molecular weight excluding hydrogens is 412 g/mol. The minimum atomic E-state index is -0.245. The fourth-order valence-corrected chi connectivity index (χ4v) is 3.80. The molecule has 0 atom stereocenters. The molecule has 1 N–H and O–H groups in total. The third-order valence-corrected chi connectivity index (χ3v) is 5.81. The third-order valence-electron chi connectivity index (χ3n) is 4.90. The average Bonchev–Trinajstić information content (AvgIpc) is 3.23. The predicted molar refractivity (Wildman–Crippen MR) is 122 cm³/mol. The van der Waals surface area contributed by atoms with Crippen molar-refractivity contribution in [1.82, 2.24) is 14.9 Å². The van der Waals surface area contributed by atoms with E-state index >= 15 is 0 Å². The molecule has 0 unspecified atom stereocenters. The number of methoxy groups -OCH3 is 1. The molecule has 0 radical (unpaired) electrons. The largest absolute Gasteiger partial charge is 0.383 e. The third kappa shape index (κ3) is 6.19. The Hall–Kier alpha value is -3.10. The van der Waals surface area contributed by atoms with Crippen LogP contribution in [-0.2, 0) is 20.7 Å². The van der Waals surface area contributed by atoms with Crippen molar-refractivity contribution in [2.75, 3.05) is 32.1 Å². The first-order valence-corrected chi connectivity index (χ1v) is 10.8. The first kappa shape index (κ1) is 22.6. The van der Waals surface area contributed by atoms with Crippen LogP contribution in [0.15, 0.2) is 48.0 Å². The maximum atomic E-state index is 12.9. The van der Waals surface area contributed by atoms with Gasteiger partial charge in [0.2, 0.25) is 11.8 Å². The number of aryl methyl sites for hydroxylation is 1. The minimum absolute atomic E-state index is 0.0488. The number of benzene rings is 1. The van der Waals surface area contributed by atoms with Crippen molar-refractivity contribution in [2.24, 2.45) is 0 Å². The second-order valence-electron chi connectivity index (χ2n) is 7.14. The molecule has 0 aliphatic carbocycles. The molecule has 0 spiro atoms. The lowest BCUT2D eigenvalue weighted by molar-refractivity contribution is -0.134. The number of hydrogen-bond acceptors (Lipinski definition) is 6. The number of nitrogens with one attached hydrogen (secondary N) is 1. The summed E-state index contributed by atoms with van der Waals surface area (Å²) in [6.45, 7) is 4.57. The van der Waals surface area contributed by atoms with Gasteiger partial charge in [0, 0.05) is 30.9 Å². The van der Waals surface area contributed by atoms with Gasteiger partial charge < -0.3 is 15.0 Å². The molecule has 162 valence electrons. The molecular formula is C23H26N4O3S. The van der Waals surface area contributed by atoms with Crippen LogP contribution in [0.4, 0.5) is 5.69 Å². The van der Waals surface area contributed by atoms with Gasteiger partial charge in [0.1, 0.15) is 5.01 Å². The number of amides is 2. The molecule has 3 aromatic rings. The van der Waals surface area contributed by atoms with Crippen molar-refractivity contribution in [3.05, 3.63) is 64.8 Å². The van der Waals surface area contributed by atoms with E-state index in [4.69, 9.17) is 4.74 Å². The van der Waals surface area contributed by atoms with E-state index in [0.29, 0.717) is 18.8 Å². The Balaban J connectivity index is 1.65. The zero-order valence-electron chi connectivity index (χ0n) is 17.9. The summed E-state index contributed by atoms with van der Waals surface area (Å²) in [5.74, 6) is -0.420. The van der Waals surface area contributed by atoms with Crippen LogP contribution in [0, 0.1) is 13.8 Å². The second kappa shape index (κ2) is 10.8. The fourth-order valence-electron chi connectivity index (χ4n) is 3.00. The smallest absolute Gasteiger partial charge is 0.244 e. The van der Waals surface area contributed by atoms with E-state index in [9.17, 15) is 9.59 Å². The van der Waals surface area contributed by atoms with Gasteiger partial charge in [-0.2, -0.15) is 0 Å². The number of hydrogen-bond donors (Lipinski definition) is 1. The van der Waals surface area contributed by atoms with Crippen molar-refractivity contribution in [1.29, 1.82) is 0 Å². The van der Waals surface area contributed by atoms with Crippen LogP contribution in [0.2, 0.25) is 0 Å². The number of carbonyl (C=O) groups excluding carboxylic acids is 2. The Kier molecular flexibility index (Phi) is 7.86. The van der Waals surface area contributed by atoms with Gasteiger partial charge in [0.25, 0.3) is 0 Å². The molecule has 2 aromatic heterocycles. The lowest BCUT2D eigenvalue weighted by Crippen LogP contribution is -2.40. The number of nitrogens with zero attached hydrogens (tertiary/aromatic N) is 3. The number of pyridine rings is 1. The normalized spacial score (nSPS) is 10.7. The second-order valence-corrected chi connectivity index (χ2v) is 8.00. The number of carbonyl (C=O) groups is 2. The Labute approximate surface area is 186 Å². The summed E-state index contributed by atoms with van der Waals surface area (Å²) < 4.78 is 5.12. The highest BCUT2D eigenvalue weighted by atomic mass is 32.1. The SMILES string of the molecule is COCCN(CC(=O)Nc1cccc(C)c1C)C(=O)Cc1csc(-c2ccccn2)n1. The molecule has 0 aliphatic heterocycles. The monoisotopic (exact) mass is 438 g/mol. The Bertz CT molecular complexity index is 1040. The Morgan fingerprint density at radius 2 is 2.00 bits per heavy atom. The highest BCUT2D eigenvalue weighted by molar-refractivity contribution is 7.13. The van der Waals surface area contributed by atoms with Gasteiger partial charge in [-0.3, -0.25) is 14.6 Å². The molecule has 8 heteroatoms. The summed E-state index contributed by atoms with van der Waals surface area (Å²) in [6.07, 6.45) is 1.83. The van der Waals surface area contributed by atoms with Gasteiger partial charge in [-0.1, -0.05) is 18.2 Å². The van der Waals surface area contributed by atoms with E-state index in [-0.39, 0.29) is 24.8 Å². The minimum Gasteiger partial charge on any atom is -0.383 e. The van der Waals surface area contributed by atoms with Gasteiger partial charge in [-0.15, -0.1) is 11.3 Å². The summed E-state index contributed by atoms with van der Waals surface area (Å²) >= 11 is 1.44. The van der Waals surface area contributed by atoms with Crippen molar-refractivity contribution in [3.8, 4) is 10.7 Å². The summed E-state index contributed by atoms with van der Waals surface area (Å²) in [5.41, 5.74) is 4.29. The van der Waals surface area contributed by atoms with Gasteiger partial charge in [0.15, 0.2) is 0 Å². The first-order chi connectivity index (χ1) is 15.0. The number of rotatable bonds is 9. The Morgan fingerprint density at radius 1 is 1.16 bits per heavy atom. The van der Waals surface area contributed by atoms with Crippen LogP contribution >= 0.6 is 11.3 Å². The Morgan fingerprint density at radius 3 is 2.74 bits per heavy atom. The van der Waals surface area contributed by atoms with E-state index in [1.807, 2.05) is 55.6 Å². The topological polar surface area (TPSA) is 84.4 Å². The highest BCUT2D eigenvalue weighted by Gasteiger charge is 2.19. The standard InChI is InChI=1S/C23H26N4O3S/c1-16-7-6-9-19(17(16)2)26-21(28)14-27(11-12-30-3)22(29)13-18-15-31-23(25-18)20-8-4-5-10-24-20/h4-10,15H,11-14H2,1-3H3,(H,26,28). The maximum Gasteiger partial charge on any atom is 0.244 e.